The molecular formula is C21H26N2O3S. The molecule has 0 bridgehead atoms. The Bertz CT molecular complexity index is 775. The highest BCUT2D eigenvalue weighted by Crippen LogP contribution is 2.37. The lowest BCUT2D eigenvalue weighted by Crippen LogP contribution is -2.46. The summed E-state index contributed by atoms with van der Waals surface area (Å²) in [7, 11) is 1.64. The molecule has 0 fully saturated rings. The van der Waals surface area contributed by atoms with E-state index in [1.807, 2.05) is 23.1 Å². The molecule has 6 heteroatoms. The van der Waals surface area contributed by atoms with E-state index in [1.165, 1.54) is 17.4 Å². The van der Waals surface area contributed by atoms with Gasteiger partial charge in [-0.3, -0.25) is 9.59 Å². The lowest BCUT2D eigenvalue weighted by Gasteiger charge is -2.37. The zero-order valence-electron chi connectivity index (χ0n) is 15.9. The Kier molecular flexibility index (Phi) is 6.63. The molecule has 3 rings (SSSR count). The highest BCUT2D eigenvalue weighted by Gasteiger charge is 2.33. The second-order valence-electron chi connectivity index (χ2n) is 6.74. The van der Waals surface area contributed by atoms with E-state index in [-0.39, 0.29) is 24.4 Å². The predicted octanol–water partition coefficient (Wildman–Crippen LogP) is 3.11. The Morgan fingerprint density at radius 1 is 1.26 bits per heavy atom. The maximum absolute atomic E-state index is 13.2. The summed E-state index contributed by atoms with van der Waals surface area (Å²) in [6, 6.07) is 12.2. The van der Waals surface area contributed by atoms with Crippen molar-refractivity contribution in [2.75, 3.05) is 33.4 Å². The molecule has 0 N–H and O–H groups in total. The number of carbonyl (C=O) groups is 2. The minimum atomic E-state index is -0.0820. The molecule has 0 spiro atoms. The van der Waals surface area contributed by atoms with Gasteiger partial charge in [-0.05, 0) is 35.4 Å². The topological polar surface area (TPSA) is 49.9 Å². The third-order valence-electron chi connectivity index (χ3n) is 4.95. The van der Waals surface area contributed by atoms with Crippen molar-refractivity contribution in [2.24, 2.45) is 0 Å². The standard InChI is InChI=1S/C21H26N2O3S/c1-16(24)22(11-6-13-26-2)15-20(25)23-12-9-19-18(10-14-27-19)21(23)17-7-4-3-5-8-17/h3-5,7-8,10,14,21H,6,9,11-13,15H2,1-2H3. The normalized spacial score (nSPS) is 16.1. The number of rotatable bonds is 7. The van der Waals surface area contributed by atoms with Gasteiger partial charge in [-0.1, -0.05) is 30.3 Å². The zero-order valence-corrected chi connectivity index (χ0v) is 16.7. The summed E-state index contributed by atoms with van der Waals surface area (Å²) in [6.45, 7) is 3.41. The van der Waals surface area contributed by atoms with Crippen LogP contribution in [0.15, 0.2) is 41.8 Å². The molecule has 1 unspecified atom stereocenters. The Labute approximate surface area is 164 Å². The first kappa shape index (κ1) is 19.6. The molecule has 2 amide bonds. The SMILES string of the molecule is COCCCN(CC(=O)N1CCc2sccc2C1c1ccccc1)C(C)=O. The van der Waals surface area contributed by atoms with Gasteiger partial charge < -0.3 is 14.5 Å². The number of hydrogen-bond donors (Lipinski definition) is 0. The van der Waals surface area contributed by atoms with Gasteiger partial charge >= 0.3 is 0 Å². The van der Waals surface area contributed by atoms with Crippen LogP contribution in [0.1, 0.15) is 35.4 Å². The fourth-order valence-electron chi connectivity index (χ4n) is 3.58. The van der Waals surface area contributed by atoms with E-state index in [2.05, 4.69) is 23.6 Å². The van der Waals surface area contributed by atoms with E-state index in [4.69, 9.17) is 4.74 Å². The molecule has 2 aromatic rings. The summed E-state index contributed by atoms with van der Waals surface area (Å²) in [6.07, 6.45) is 1.59. The van der Waals surface area contributed by atoms with Gasteiger partial charge in [0.2, 0.25) is 11.8 Å². The van der Waals surface area contributed by atoms with Crippen molar-refractivity contribution in [1.82, 2.24) is 9.80 Å². The minimum Gasteiger partial charge on any atom is -0.385 e. The monoisotopic (exact) mass is 386 g/mol. The van der Waals surface area contributed by atoms with Crippen LogP contribution in [-0.2, 0) is 20.7 Å². The summed E-state index contributed by atoms with van der Waals surface area (Å²) in [5.41, 5.74) is 2.32. The van der Waals surface area contributed by atoms with E-state index < -0.39 is 0 Å². The average molecular weight is 387 g/mol. The largest absolute Gasteiger partial charge is 0.385 e. The fourth-order valence-corrected chi connectivity index (χ4v) is 4.49. The van der Waals surface area contributed by atoms with Crippen LogP contribution in [0.25, 0.3) is 0 Å². The van der Waals surface area contributed by atoms with Gasteiger partial charge in [-0.15, -0.1) is 11.3 Å². The van der Waals surface area contributed by atoms with Crippen molar-refractivity contribution >= 4 is 23.2 Å². The Morgan fingerprint density at radius 2 is 2.04 bits per heavy atom. The summed E-state index contributed by atoms with van der Waals surface area (Å²) < 4.78 is 5.07. The zero-order chi connectivity index (χ0) is 19.2. The lowest BCUT2D eigenvalue weighted by atomic mass is 9.93. The highest BCUT2D eigenvalue weighted by molar-refractivity contribution is 7.10. The number of carbonyl (C=O) groups excluding carboxylic acids is 2. The number of nitrogens with zero attached hydrogens (tertiary/aromatic N) is 2. The average Bonchev–Trinajstić information content (AvgIpc) is 3.15. The third-order valence-corrected chi connectivity index (χ3v) is 5.95. The molecule has 0 radical (unpaired) electrons. The molecule has 2 heterocycles. The molecule has 0 saturated heterocycles. The van der Waals surface area contributed by atoms with Crippen molar-refractivity contribution in [3.05, 3.63) is 57.8 Å². The summed E-state index contributed by atoms with van der Waals surface area (Å²) in [5.74, 6) is -0.0859. The van der Waals surface area contributed by atoms with Crippen molar-refractivity contribution in [1.29, 1.82) is 0 Å². The molecule has 1 aliphatic heterocycles. The molecule has 1 aromatic heterocycles. The van der Waals surface area contributed by atoms with Crippen LogP contribution in [0, 0.1) is 0 Å². The number of amides is 2. The Hall–Kier alpha value is -2.18. The first-order valence-corrected chi connectivity index (χ1v) is 10.1. The number of methoxy groups -OCH3 is 1. The van der Waals surface area contributed by atoms with E-state index in [0.717, 1.165) is 18.4 Å². The second kappa shape index (κ2) is 9.15. The maximum Gasteiger partial charge on any atom is 0.242 e. The number of benzene rings is 1. The number of thiophene rings is 1. The summed E-state index contributed by atoms with van der Waals surface area (Å²) in [5, 5.41) is 2.10. The van der Waals surface area contributed by atoms with Gasteiger partial charge in [0, 0.05) is 38.6 Å². The van der Waals surface area contributed by atoms with Gasteiger partial charge in [-0.2, -0.15) is 0 Å². The summed E-state index contributed by atoms with van der Waals surface area (Å²) in [4.78, 5) is 30.0. The van der Waals surface area contributed by atoms with E-state index >= 15 is 0 Å². The van der Waals surface area contributed by atoms with Gasteiger partial charge in [0.25, 0.3) is 0 Å². The van der Waals surface area contributed by atoms with E-state index in [1.54, 1.807) is 23.3 Å². The van der Waals surface area contributed by atoms with Crippen LogP contribution in [-0.4, -0.2) is 55.0 Å². The van der Waals surface area contributed by atoms with Crippen molar-refractivity contribution in [3.63, 3.8) is 0 Å². The number of ether oxygens (including phenoxy) is 1. The molecule has 5 nitrogen and oxygen atoms in total. The molecule has 1 atom stereocenters. The van der Waals surface area contributed by atoms with Gasteiger partial charge in [0.15, 0.2) is 0 Å². The van der Waals surface area contributed by atoms with Crippen molar-refractivity contribution < 1.29 is 14.3 Å². The smallest absolute Gasteiger partial charge is 0.242 e. The van der Waals surface area contributed by atoms with Crippen LogP contribution < -0.4 is 0 Å². The molecule has 144 valence electrons. The van der Waals surface area contributed by atoms with Crippen LogP contribution >= 0.6 is 11.3 Å². The second-order valence-corrected chi connectivity index (χ2v) is 7.74. The molecule has 0 aliphatic carbocycles. The fraction of sp³-hybridized carbons (Fsp3) is 0.429. The van der Waals surface area contributed by atoms with Gasteiger partial charge in [0.1, 0.15) is 0 Å². The number of hydrogen-bond acceptors (Lipinski definition) is 4. The van der Waals surface area contributed by atoms with Crippen LogP contribution in [0.4, 0.5) is 0 Å². The van der Waals surface area contributed by atoms with Gasteiger partial charge in [-0.25, -0.2) is 0 Å². The molecule has 1 aromatic carbocycles. The first-order chi connectivity index (χ1) is 13.1. The van der Waals surface area contributed by atoms with Crippen molar-refractivity contribution in [3.8, 4) is 0 Å². The lowest BCUT2D eigenvalue weighted by molar-refractivity contribution is -0.140. The number of fused-ring (bicyclic) bond motifs is 1. The molecule has 0 saturated carbocycles. The molecule has 1 aliphatic rings. The quantitative estimate of drug-likeness (QED) is 0.687. The molecule has 27 heavy (non-hydrogen) atoms. The summed E-state index contributed by atoms with van der Waals surface area (Å²) >= 11 is 1.75. The van der Waals surface area contributed by atoms with Crippen LogP contribution in [0.3, 0.4) is 0 Å². The Balaban J connectivity index is 1.81. The third kappa shape index (κ3) is 4.57. The van der Waals surface area contributed by atoms with Crippen LogP contribution in [0.2, 0.25) is 0 Å². The minimum absolute atomic E-state index is 0.00619. The van der Waals surface area contributed by atoms with Crippen molar-refractivity contribution in [2.45, 2.75) is 25.8 Å². The van der Waals surface area contributed by atoms with Crippen LogP contribution in [0.5, 0.6) is 0 Å². The highest BCUT2D eigenvalue weighted by atomic mass is 32.1. The molecular weight excluding hydrogens is 360 g/mol. The first-order valence-electron chi connectivity index (χ1n) is 9.27. The predicted molar refractivity (Wildman–Crippen MR) is 107 cm³/mol. The van der Waals surface area contributed by atoms with Gasteiger partial charge in [0.05, 0.1) is 12.6 Å². The van der Waals surface area contributed by atoms with E-state index in [9.17, 15) is 9.59 Å². The van der Waals surface area contributed by atoms with E-state index in [0.29, 0.717) is 19.7 Å². The maximum atomic E-state index is 13.2. The Morgan fingerprint density at radius 3 is 2.74 bits per heavy atom.